The fraction of sp³-hybridized carbons (Fsp3) is 0.435. The maximum atomic E-state index is 13.4. The van der Waals surface area contributed by atoms with Crippen LogP contribution in [0.1, 0.15) is 51.0 Å². The Morgan fingerprint density at radius 2 is 1.21 bits per heavy atom. The van der Waals surface area contributed by atoms with Gasteiger partial charge in [-0.25, -0.2) is 4.90 Å². The largest absolute Gasteiger partial charge is 0.622 e. The Morgan fingerprint density at radius 3 is 1.54 bits per heavy atom. The molecule has 3 rings (SSSR count). The molecule has 150 valence electrons. The second-order valence-electron chi connectivity index (χ2n) is 8.53. The number of nitrogens with zero attached hydrogens (tertiary/aromatic N) is 2. The van der Waals surface area contributed by atoms with Crippen LogP contribution < -0.4 is 0 Å². The van der Waals surface area contributed by atoms with Gasteiger partial charge in [0.15, 0.2) is 5.71 Å². The minimum Gasteiger partial charge on any atom is -0.622 e. The van der Waals surface area contributed by atoms with Crippen molar-refractivity contribution in [1.29, 1.82) is 0 Å². The van der Waals surface area contributed by atoms with E-state index < -0.39 is 29.3 Å². The molecule has 0 saturated carbocycles. The zero-order valence-corrected chi connectivity index (χ0v) is 17.2. The van der Waals surface area contributed by atoms with Gasteiger partial charge in [0.05, 0.1) is 12.2 Å². The number of aliphatic hydroxyl groups is 2. The van der Waals surface area contributed by atoms with Crippen LogP contribution in [0.15, 0.2) is 60.7 Å². The third-order valence-electron chi connectivity index (χ3n) is 6.28. The summed E-state index contributed by atoms with van der Waals surface area (Å²) < 4.78 is 0.968. The van der Waals surface area contributed by atoms with Crippen molar-refractivity contribution < 1.29 is 15.0 Å². The molecule has 1 aliphatic rings. The topological polar surface area (TPSA) is 69.8 Å². The Hall–Kier alpha value is -2.21. The third-order valence-corrected chi connectivity index (χ3v) is 6.28. The summed E-state index contributed by atoms with van der Waals surface area (Å²) in [6, 6.07) is 18.4. The molecule has 0 spiro atoms. The molecule has 2 unspecified atom stereocenters. The molecule has 1 heterocycles. The van der Waals surface area contributed by atoms with Gasteiger partial charge in [-0.15, -0.1) is 0 Å². The van der Waals surface area contributed by atoms with E-state index in [-0.39, 0.29) is 0 Å². The summed E-state index contributed by atoms with van der Waals surface area (Å²) in [6.45, 7) is 7.64. The van der Waals surface area contributed by atoms with E-state index in [1.54, 1.807) is 0 Å². The molecule has 0 bridgehead atoms. The molecular weight excluding hydrogens is 352 g/mol. The van der Waals surface area contributed by atoms with Crippen LogP contribution in [0.2, 0.25) is 0 Å². The number of rotatable bonds is 5. The molecule has 5 heteroatoms. The average Bonchev–Trinajstić information content (AvgIpc) is 2.81. The molecular formula is C23H30N2O3. The standard InChI is InChI=1S/C23H30N2O3/c1-22(2)21(25(28)23(3,4)24(22)5)18(19(26)16-12-8-6-9-13-16)20(27)17-14-10-7-11-15-17/h6-15,18-20,26-27H,1-5H3. The molecule has 2 aromatic rings. The zero-order chi connectivity index (χ0) is 20.7. The number of hydrogen-bond donors (Lipinski definition) is 2. The Balaban J connectivity index is 2.18. The Morgan fingerprint density at radius 1 is 0.821 bits per heavy atom. The average molecular weight is 383 g/mol. The van der Waals surface area contributed by atoms with Crippen LogP contribution >= 0.6 is 0 Å². The number of hydroxylamine groups is 1. The Labute approximate surface area is 167 Å². The van der Waals surface area contributed by atoms with E-state index in [9.17, 15) is 15.4 Å². The molecule has 0 aromatic heterocycles. The maximum Gasteiger partial charge on any atom is 0.224 e. The first kappa shape index (κ1) is 20.5. The van der Waals surface area contributed by atoms with Crippen LogP contribution in [0.3, 0.4) is 0 Å². The van der Waals surface area contributed by atoms with Crippen LogP contribution in [0.5, 0.6) is 0 Å². The van der Waals surface area contributed by atoms with Crippen LogP contribution in [0.25, 0.3) is 0 Å². The van der Waals surface area contributed by atoms with Crippen molar-refractivity contribution >= 4 is 5.71 Å². The maximum absolute atomic E-state index is 13.4. The highest BCUT2D eigenvalue weighted by Crippen LogP contribution is 2.43. The predicted octanol–water partition coefficient (Wildman–Crippen LogP) is 3.48. The molecule has 2 atom stereocenters. The predicted molar refractivity (Wildman–Crippen MR) is 111 cm³/mol. The van der Waals surface area contributed by atoms with E-state index in [0.29, 0.717) is 16.8 Å². The molecule has 0 radical (unpaired) electrons. The summed E-state index contributed by atoms with van der Waals surface area (Å²) in [5.41, 5.74) is 0.400. The van der Waals surface area contributed by atoms with Gasteiger partial charge in [0.2, 0.25) is 5.66 Å². The lowest BCUT2D eigenvalue weighted by Gasteiger charge is -2.35. The van der Waals surface area contributed by atoms with Crippen LogP contribution in [-0.4, -0.2) is 43.8 Å². The van der Waals surface area contributed by atoms with Gasteiger partial charge in [-0.3, -0.25) is 0 Å². The SMILES string of the molecule is CN1C(C)(C)C(C(C(O)c2ccccc2)C(O)c2ccccc2)=[N+]([O-])C1(C)C. The van der Waals surface area contributed by atoms with Crippen molar-refractivity contribution in [2.45, 2.75) is 51.1 Å². The monoisotopic (exact) mass is 382 g/mol. The number of hydrogen-bond acceptors (Lipinski definition) is 4. The van der Waals surface area contributed by atoms with Gasteiger partial charge in [-0.1, -0.05) is 60.7 Å². The van der Waals surface area contributed by atoms with Crippen molar-refractivity contribution in [1.82, 2.24) is 4.90 Å². The summed E-state index contributed by atoms with van der Waals surface area (Å²) in [5.74, 6) is -0.790. The van der Waals surface area contributed by atoms with Crippen molar-refractivity contribution in [2.24, 2.45) is 5.92 Å². The first-order valence-electron chi connectivity index (χ1n) is 9.64. The molecule has 2 N–H and O–H groups in total. The van der Waals surface area contributed by atoms with Gasteiger partial charge in [0.1, 0.15) is 11.5 Å². The summed E-state index contributed by atoms with van der Waals surface area (Å²) in [6.07, 6.45) is -2.05. The fourth-order valence-corrected chi connectivity index (χ4v) is 4.27. The van der Waals surface area contributed by atoms with Gasteiger partial charge in [0.25, 0.3) is 0 Å². The van der Waals surface area contributed by atoms with E-state index in [2.05, 4.69) is 0 Å². The molecule has 0 fully saturated rings. The zero-order valence-electron chi connectivity index (χ0n) is 17.2. The summed E-state index contributed by atoms with van der Waals surface area (Å²) >= 11 is 0. The fourth-order valence-electron chi connectivity index (χ4n) is 4.27. The van der Waals surface area contributed by atoms with E-state index >= 15 is 0 Å². The molecule has 5 nitrogen and oxygen atoms in total. The van der Waals surface area contributed by atoms with Crippen LogP contribution in [0, 0.1) is 11.1 Å². The summed E-state index contributed by atoms with van der Waals surface area (Å²) in [5, 5.41) is 36.0. The summed E-state index contributed by atoms with van der Waals surface area (Å²) in [4.78, 5) is 1.99. The van der Waals surface area contributed by atoms with E-state index in [4.69, 9.17) is 0 Å². The van der Waals surface area contributed by atoms with Gasteiger partial charge in [-0.2, -0.15) is 4.74 Å². The van der Waals surface area contributed by atoms with Gasteiger partial charge in [0, 0.05) is 13.8 Å². The Bertz CT molecular complexity index is 801. The van der Waals surface area contributed by atoms with Crippen molar-refractivity contribution in [3.05, 3.63) is 77.0 Å². The van der Waals surface area contributed by atoms with E-state index in [1.165, 1.54) is 0 Å². The molecule has 0 amide bonds. The van der Waals surface area contributed by atoms with E-state index in [1.807, 2.05) is 100 Å². The minimum absolute atomic E-state index is 0.479. The highest BCUT2D eigenvalue weighted by molar-refractivity contribution is 5.93. The van der Waals surface area contributed by atoms with Crippen LogP contribution in [-0.2, 0) is 0 Å². The normalized spacial score (nSPS) is 22.1. The van der Waals surface area contributed by atoms with Crippen molar-refractivity contribution in [3.63, 3.8) is 0 Å². The lowest BCUT2D eigenvalue weighted by Crippen LogP contribution is -2.52. The van der Waals surface area contributed by atoms with Gasteiger partial charge in [-0.05, 0) is 32.0 Å². The number of benzene rings is 2. The molecule has 2 aromatic carbocycles. The second-order valence-corrected chi connectivity index (χ2v) is 8.53. The molecule has 28 heavy (non-hydrogen) atoms. The van der Waals surface area contributed by atoms with E-state index in [0.717, 1.165) is 4.74 Å². The second kappa shape index (κ2) is 7.32. The lowest BCUT2D eigenvalue weighted by atomic mass is 9.77. The quantitative estimate of drug-likeness (QED) is 0.614. The van der Waals surface area contributed by atoms with Crippen molar-refractivity contribution in [2.75, 3.05) is 7.05 Å². The number of aliphatic hydroxyl groups excluding tert-OH is 2. The highest BCUT2D eigenvalue weighted by atomic mass is 16.5. The molecule has 0 saturated heterocycles. The first-order chi connectivity index (χ1) is 13.1. The lowest BCUT2D eigenvalue weighted by molar-refractivity contribution is -0.558. The van der Waals surface area contributed by atoms with Crippen molar-refractivity contribution in [3.8, 4) is 0 Å². The third kappa shape index (κ3) is 3.24. The minimum atomic E-state index is -1.02. The molecule has 0 aliphatic carbocycles. The smallest absolute Gasteiger partial charge is 0.224 e. The van der Waals surface area contributed by atoms with Crippen LogP contribution in [0.4, 0.5) is 0 Å². The Kier molecular flexibility index (Phi) is 5.36. The summed E-state index contributed by atoms with van der Waals surface area (Å²) in [7, 11) is 1.90. The highest BCUT2D eigenvalue weighted by Gasteiger charge is 2.59. The van der Waals surface area contributed by atoms with Gasteiger partial charge < -0.3 is 15.4 Å². The van der Waals surface area contributed by atoms with Gasteiger partial charge >= 0.3 is 0 Å². The first-order valence-corrected chi connectivity index (χ1v) is 9.64. The molecule has 1 aliphatic heterocycles.